The number of nitrogens with zero attached hydrogens (tertiary/aromatic N) is 6. The highest BCUT2D eigenvalue weighted by Gasteiger charge is 2.29. The number of nitrogens with one attached hydrogen (secondary N) is 3. The zero-order valence-electron chi connectivity index (χ0n) is 29.0. The van der Waals surface area contributed by atoms with E-state index >= 15 is 0 Å². The van der Waals surface area contributed by atoms with Gasteiger partial charge in [0.15, 0.2) is 17.3 Å². The highest BCUT2D eigenvalue weighted by molar-refractivity contribution is 5.96. The van der Waals surface area contributed by atoms with Crippen LogP contribution in [0.2, 0.25) is 0 Å². The summed E-state index contributed by atoms with van der Waals surface area (Å²) in [4.78, 5) is 62.4. The number of para-hydroxylation sites is 1. The molecule has 0 saturated heterocycles. The summed E-state index contributed by atoms with van der Waals surface area (Å²) in [5.41, 5.74) is 1.72. The summed E-state index contributed by atoms with van der Waals surface area (Å²) in [5.74, 6) is 0.373. The molecule has 0 fully saturated rings. The molecule has 0 spiro atoms. The molecule has 0 radical (unpaired) electrons. The number of hydrogen-bond acceptors (Lipinski definition) is 10. The quantitative estimate of drug-likeness (QED) is 0.281. The second-order valence-electron chi connectivity index (χ2n) is 13.2. The normalized spacial score (nSPS) is 19.4. The first-order valence-corrected chi connectivity index (χ1v) is 17.2. The summed E-state index contributed by atoms with van der Waals surface area (Å²) in [6.07, 6.45) is 0.355. The van der Waals surface area contributed by atoms with E-state index in [0.717, 1.165) is 16.9 Å². The number of rotatable bonds is 5. The van der Waals surface area contributed by atoms with Crippen LogP contribution in [0.3, 0.4) is 0 Å². The highest BCUT2D eigenvalue weighted by Crippen LogP contribution is 2.23. The van der Waals surface area contributed by atoms with E-state index in [4.69, 9.17) is 14.2 Å². The maximum Gasteiger partial charge on any atom is 0.274 e. The van der Waals surface area contributed by atoms with Crippen molar-refractivity contribution < 1.29 is 28.4 Å². The molecule has 51 heavy (non-hydrogen) atoms. The molecule has 3 N–H and O–H groups in total. The molecule has 2 aliphatic heterocycles. The van der Waals surface area contributed by atoms with Crippen LogP contribution in [0.4, 0.5) is 0 Å². The van der Waals surface area contributed by atoms with Crippen molar-refractivity contribution in [3.05, 3.63) is 83.5 Å². The Bertz CT molecular complexity index is 1860. The average Bonchev–Trinajstić information content (AvgIpc) is 3.70. The molecule has 0 aliphatic carbocycles. The van der Waals surface area contributed by atoms with Gasteiger partial charge < -0.3 is 30.1 Å². The first-order chi connectivity index (χ1) is 24.6. The fourth-order valence-corrected chi connectivity index (χ4v) is 6.12. The zero-order chi connectivity index (χ0) is 35.9. The van der Waals surface area contributed by atoms with Crippen LogP contribution in [0.25, 0.3) is 11.4 Å². The van der Waals surface area contributed by atoms with Gasteiger partial charge in [0.05, 0.1) is 19.1 Å². The lowest BCUT2D eigenvalue weighted by Crippen LogP contribution is -2.48. The molecule has 15 nitrogen and oxygen atoms in total. The number of ether oxygens (including phenoxy) is 1. The predicted octanol–water partition coefficient (Wildman–Crippen LogP) is 2.31. The van der Waals surface area contributed by atoms with Gasteiger partial charge in [-0.2, -0.15) is 5.10 Å². The lowest BCUT2D eigenvalue weighted by molar-refractivity contribution is -0.134. The molecule has 268 valence electrons. The van der Waals surface area contributed by atoms with Crippen LogP contribution in [-0.4, -0.2) is 92.2 Å². The SMILES string of the molecule is CC(C)C[C@H]1NC(=O)c2cc(on2)CN(C(=O)CN2CCOc3ccccc3C2)CCNC(=O)Cn2nc(-c3ccccc3)nc2[C@H](C)NC1=O. The topological polar surface area (TPSA) is 177 Å². The summed E-state index contributed by atoms with van der Waals surface area (Å²) in [7, 11) is 0. The van der Waals surface area contributed by atoms with Crippen molar-refractivity contribution in [2.45, 2.75) is 58.9 Å². The van der Waals surface area contributed by atoms with E-state index in [1.165, 1.54) is 10.7 Å². The minimum atomic E-state index is -0.895. The van der Waals surface area contributed by atoms with Crippen molar-refractivity contribution in [2.24, 2.45) is 5.92 Å². The number of fused-ring (bicyclic) bond motifs is 4. The maximum atomic E-state index is 13.8. The van der Waals surface area contributed by atoms with E-state index in [9.17, 15) is 19.2 Å². The van der Waals surface area contributed by atoms with Gasteiger partial charge in [-0.05, 0) is 25.3 Å². The summed E-state index contributed by atoms with van der Waals surface area (Å²) in [6, 6.07) is 17.0. The summed E-state index contributed by atoms with van der Waals surface area (Å²) >= 11 is 0. The van der Waals surface area contributed by atoms with E-state index in [-0.39, 0.29) is 61.9 Å². The summed E-state index contributed by atoms with van der Waals surface area (Å²) in [5, 5.41) is 17.2. The highest BCUT2D eigenvalue weighted by atomic mass is 16.5. The van der Waals surface area contributed by atoms with Crippen LogP contribution in [0.5, 0.6) is 5.75 Å². The molecule has 15 heteroatoms. The van der Waals surface area contributed by atoms with Gasteiger partial charge in [-0.15, -0.1) is 0 Å². The van der Waals surface area contributed by atoms with Gasteiger partial charge >= 0.3 is 0 Å². The molecule has 6 rings (SSSR count). The summed E-state index contributed by atoms with van der Waals surface area (Å²) < 4.78 is 12.9. The Morgan fingerprint density at radius 1 is 0.980 bits per heavy atom. The molecule has 0 unspecified atom stereocenters. The van der Waals surface area contributed by atoms with Crippen molar-refractivity contribution in [3.63, 3.8) is 0 Å². The Balaban J connectivity index is 1.26. The Labute approximate surface area is 295 Å². The molecule has 4 aromatic rings. The Morgan fingerprint density at radius 2 is 1.76 bits per heavy atom. The van der Waals surface area contributed by atoms with Gasteiger partial charge in [0.1, 0.15) is 30.8 Å². The molecular weight excluding hydrogens is 654 g/mol. The van der Waals surface area contributed by atoms with Crippen molar-refractivity contribution in [2.75, 3.05) is 32.8 Å². The Hall–Kier alpha value is -5.57. The van der Waals surface area contributed by atoms with Crippen LogP contribution >= 0.6 is 0 Å². The minimum absolute atomic E-state index is 0.0109. The second-order valence-corrected chi connectivity index (χ2v) is 13.2. The standard InChI is InChI=1S/C36H43N9O6/c1-23(2)17-28-35(48)38-24(3)34-40-33(25-9-5-4-6-10-25)41-45(34)21-31(46)37-13-14-44(20-27-18-29(42-51-27)36(49)39-28)32(47)22-43-15-16-50-30-12-8-7-11-26(30)19-43/h4-12,18,23-24,28H,13-17,19-22H2,1-3H3,(H,37,46)(H,38,48)(H,39,49)/t24-,28+/m0/s1. The van der Waals surface area contributed by atoms with Gasteiger partial charge in [0, 0.05) is 43.4 Å². The van der Waals surface area contributed by atoms with Crippen LogP contribution in [0, 0.1) is 5.92 Å². The third kappa shape index (κ3) is 8.97. The summed E-state index contributed by atoms with van der Waals surface area (Å²) in [6.45, 7) is 7.41. The Morgan fingerprint density at radius 3 is 2.57 bits per heavy atom. The van der Waals surface area contributed by atoms with Crippen LogP contribution < -0.4 is 20.7 Å². The fraction of sp³-hybridized carbons (Fsp3) is 0.417. The number of amides is 4. The van der Waals surface area contributed by atoms with Crippen LogP contribution in [-0.2, 0) is 34.0 Å². The molecule has 4 heterocycles. The van der Waals surface area contributed by atoms with Gasteiger partial charge in [0.25, 0.3) is 5.91 Å². The van der Waals surface area contributed by atoms with E-state index in [2.05, 4.69) is 26.2 Å². The number of carbonyl (C=O) groups excluding carboxylic acids is 4. The number of carbonyl (C=O) groups is 4. The minimum Gasteiger partial charge on any atom is -0.492 e. The smallest absolute Gasteiger partial charge is 0.274 e. The van der Waals surface area contributed by atoms with Crippen molar-refractivity contribution in [3.8, 4) is 17.1 Å². The largest absolute Gasteiger partial charge is 0.492 e. The van der Waals surface area contributed by atoms with E-state index < -0.39 is 23.9 Å². The third-order valence-corrected chi connectivity index (χ3v) is 8.69. The van der Waals surface area contributed by atoms with Gasteiger partial charge in [0.2, 0.25) is 17.7 Å². The molecule has 2 aromatic heterocycles. The van der Waals surface area contributed by atoms with Gasteiger partial charge in [-0.3, -0.25) is 24.1 Å². The molecule has 4 amide bonds. The lowest BCUT2D eigenvalue weighted by Gasteiger charge is -2.26. The zero-order valence-corrected chi connectivity index (χ0v) is 29.0. The van der Waals surface area contributed by atoms with Crippen molar-refractivity contribution >= 4 is 23.6 Å². The van der Waals surface area contributed by atoms with Gasteiger partial charge in [-0.1, -0.05) is 67.5 Å². The predicted molar refractivity (Wildman–Crippen MR) is 185 cm³/mol. The Kier molecular flexibility index (Phi) is 11.0. The fourth-order valence-electron chi connectivity index (χ4n) is 6.12. The number of hydrogen-bond donors (Lipinski definition) is 3. The van der Waals surface area contributed by atoms with E-state index in [1.54, 1.807) is 11.8 Å². The molecule has 2 aliphatic rings. The molecule has 0 saturated carbocycles. The van der Waals surface area contributed by atoms with Crippen molar-refractivity contribution in [1.29, 1.82) is 0 Å². The number of aromatic nitrogens is 4. The van der Waals surface area contributed by atoms with Crippen LogP contribution in [0.1, 0.15) is 60.9 Å². The van der Waals surface area contributed by atoms with Gasteiger partial charge in [-0.25, -0.2) is 9.67 Å². The first kappa shape index (κ1) is 35.3. The second kappa shape index (κ2) is 16.0. The monoisotopic (exact) mass is 697 g/mol. The molecule has 2 bridgehead atoms. The van der Waals surface area contributed by atoms with E-state index in [0.29, 0.717) is 37.8 Å². The third-order valence-electron chi connectivity index (χ3n) is 8.69. The average molecular weight is 698 g/mol. The number of benzene rings is 2. The molecule has 2 aromatic carbocycles. The lowest BCUT2D eigenvalue weighted by atomic mass is 10.0. The molecular formula is C36H43N9O6. The van der Waals surface area contributed by atoms with E-state index in [1.807, 2.05) is 73.3 Å². The van der Waals surface area contributed by atoms with Crippen molar-refractivity contribution in [1.82, 2.24) is 45.7 Å². The molecule has 2 atom stereocenters. The van der Waals surface area contributed by atoms with Crippen LogP contribution in [0.15, 0.2) is 65.2 Å². The first-order valence-electron chi connectivity index (χ1n) is 17.2. The maximum absolute atomic E-state index is 13.8.